The number of benzene rings is 1. The minimum absolute atomic E-state index is 0.339. The maximum atomic E-state index is 11.4. The summed E-state index contributed by atoms with van der Waals surface area (Å²) >= 11 is 0. The molecule has 0 saturated heterocycles. The smallest absolute Gasteiger partial charge is 0.340 e. The highest BCUT2D eigenvalue weighted by atomic mass is 32.2. The fourth-order valence-electron chi connectivity index (χ4n) is 1.06. The van der Waals surface area contributed by atoms with E-state index >= 15 is 0 Å². The van der Waals surface area contributed by atoms with Gasteiger partial charge in [-0.25, -0.2) is 8.98 Å². The summed E-state index contributed by atoms with van der Waals surface area (Å²) < 4.78 is 30.7. The average Bonchev–Trinajstić information content (AvgIpc) is 2.16. The van der Waals surface area contributed by atoms with Crippen molar-refractivity contribution in [1.82, 2.24) is 0 Å². The van der Waals surface area contributed by atoms with Crippen molar-refractivity contribution in [3.8, 4) is 0 Å². The second-order valence-electron chi connectivity index (χ2n) is 3.14. The first-order valence-electron chi connectivity index (χ1n) is 4.53. The number of hydrogen-bond donors (Lipinski definition) is 0. The van der Waals surface area contributed by atoms with E-state index in [9.17, 15) is 13.2 Å². The minimum Gasteiger partial charge on any atom is -0.431 e. The molecule has 16 heavy (non-hydrogen) atoms. The molecule has 0 saturated carbocycles. The Balaban J connectivity index is 2.59. The molecule has 0 N–H and O–H groups in total. The van der Waals surface area contributed by atoms with Crippen molar-refractivity contribution in [2.75, 3.05) is 6.26 Å². The van der Waals surface area contributed by atoms with Gasteiger partial charge in [0.05, 0.1) is 11.8 Å². The first-order valence-corrected chi connectivity index (χ1v) is 6.34. The average molecular weight is 244 g/mol. The lowest BCUT2D eigenvalue weighted by molar-refractivity contribution is -0.0332. The SMILES string of the molecule is CC(OC(=O)c1ccccc1)OS(C)(=O)=O. The number of esters is 1. The third-order valence-corrected chi connectivity index (χ3v) is 2.21. The Morgan fingerprint density at radius 2 is 1.81 bits per heavy atom. The van der Waals surface area contributed by atoms with Gasteiger partial charge in [0.25, 0.3) is 10.1 Å². The quantitative estimate of drug-likeness (QED) is 0.451. The molecule has 1 rings (SSSR count). The molecule has 0 aliphatic rings. The van der Waals surface area contributed by atoms with E-state index in [0.717, 1.165) is 6.26 Å². The molecule has 1 aromatic rings. The van der Waals surface area contributed by atoms with Gasteiger partial charge in [-0.2, -0.15) is 8.42 Å². The third kappa shape index (κ3) is 4.41. The Bertz CT molecular complexity index is 451. The summed E-state index contributed by atoms with van der Waals surface area (Å²) in [4.78, 5) is 11.4. The first-order chi connectivity index (χ1) is 7.38. The van der Waals surface area contributed by atoms with E-state index in [2.05, 4.69) is 4.18 Å². The zero-order valence-corrected chi connectivity index (χ0v) is 9.73. The van der Waals surface area contributed by atoms with Crippen LogP contribution in [0.3, 0.4) is 0 Å². The molecule has 0 spiro atoms. The van der Waals surface area contributed by atoms with Crippen LogP contribution in [0.2, 0.25) is 0 Å². The lowest BCUT2D eigenvalue weighted by Crippen LogP contribution is -2.21. The number of hydrogen-bond acceptors (Lipinski definition) is 5. The molecular formula is C10H12O5S. The van der Waals surface area contributed by atoms with Crippen molar-refractivity contribution in [3.05, 3.63) is 35.9 Å². The van der Waals surface area contributed by atoms with E-state index in [1.165, 1.54) is 6.92 Å². The van der Waals surface area contributed by atoms with Gasteiger partial charge in [0, 0.05) is 0 Å². The van der Waals surface area contributed by atoms with Crippen LogP contribution in [0.25, 0.3) is 0 Å². The minimum atomic E-state index is -3.63. The Hall–Kier alpha value is -1.40. The van der Waals surface area contributed by atoms with E-state index in [4.69, 9.17) is 4.74 Å². The molecular weight excluding hydrogens is 232 g/mol. The summed E-state index contributed by atoms with van der Waals surface area (Å²) in [5.41, 5.74) is 0.339. The molecule has 0 fully saturated rings. The molecule has 88 valence electrons. The number of carbonyl (C=O) groups is 1. The lowest BCUT2D eigenvalue weighted by Gasteiger charge is -2.11. The lowest BCUT2D eigenvalue weighted by atomic mass is 10.2. The second kappa shape index (κ2) is 5.09. The zero-order valence-electron chi connectivity index (χ0n) is 8.91. The van der Waals surface area contributed by atoms with Crippen LogP contribution in [-0.2, 0) is 19.0 Å². The van der Waals surface area contributed by atoms with Crippen LogP contribution in [0.1, 0.15) is 17.3 Å². The van der Waals surface area contributed by atoms with Gasteiger partial charge in [-0.15, -0.1) is 0 Å². The number of rotatable bonds is 4. The molecule has 1 atom stereocenters. The van der Waals surface area contributed by atoms with Crippen LogP contribution >= 0.6 is 0 Å². The maximum absolute atomic E-state index is 11.4. The van der Waals surface area contributed by atoms with Crippen molar-refractivity contribution >= 4 is 16.1 Å². The Kier molecular flexibility index (Phi) is 4.03. The van der Waals surface area contributed by atoms with Gasteiger partial charge in [0.1, 0.15) is 0 Å². The monoisotopic (exact) mass is 244 g/mol. The largest absolute Gasteiger partial charge is 0.431 e. The highest BCUT2D eigenvalue weighted by molar-refractivity contribution is 7.86. The topological polar surface area (TPSA) is 69.7 Å². The molecule has 6 heteroatoms. The third-order valence-electron chi connectivity index (χ3n) is 1.59. The standard InChI is InChI=1S/C10H12O5S/c1-8(15-16(2,12)13)14-10(11)9-6-4-3-5-7-9/h3-8H,1-2H3. The van der Waals surface area contributed by atoms with Crippen LogP contribution in [-0.4, -0.2) is 26.9 Å². The molecule has 0 heterocycles. The van der Waals surface area contributed by atoms with Crippen LogP contribution in [0.15, 0.2) is 30.3 Å². The molecule has 0 aliphatic heterocycles. The predicted octanol–water partition coefficient (Wildman–Crippen LogP) is 1.17. The molecule has 1 unspecified atom stereocenters. The highest BCUT2D eigenvalue weighted by Crippen LogP contribution is 2.06. The van der Waals surface area contributed by atoms with E-state index in [1.54, 1.807) is 30.3 Å². The summed E-state index contributed by atoms with van der Waals surface area (Å²) in [5, 5.41) is 0. The van der Waals surface area contributed by atoms with Crippen LogP contribution in [0, 0.1) is 0 Å². The molecule has 5 nitrogen and oxygen atoms in total. The summed E-state index contributed by atoms with van der Waals surface area (Å²) in [6.45, 7) is 1.34. The van der Waals surface area contributed by atoms with Gasteiger partial charge in [0.2, 0.25) is 6.29 Å². The van der Waals surface area contributed by atoms with Crippen LogP contribution in [0.5, 0.6) is 0 Å². The van der Waals surface area contributed by atoms with Crippen molar-refractivity contribution < 1.29 is 22.1 Å². The molecule has 0 aromatic heterocycles. The maximum Gasteiger partial charge on any atom is 0.340 e. The van der Waals surface area contributed by atoms with Crippen LogP contribution in [0.4, 0.5) is 0 Å². The second-order valence-corrected chi connectivity index (χ2v) is 4.74. The van der Waals surface area contributed by atoms with E-state index < -0.39 is 22.4 Å². The Labute approximate surface area is 94.1 Å². The molecule has 0 aliphatic carbocycles. The fraction of sp³-hybridized carbons (Fsp3) is 0.300. The van der Waals surface area contributed by atoms with Crippen molar-refractivity contribution in [1.29, 1.82) is 0 Å². The molecule has 0 bridgehead atoms. The van der Waals surface area contributed by atoms with E-state index in [-0.39, 0.29) is 0 Å². The van der Waals surface area contributed by atoms with Gasteiger partial charge in [-0.1, -0.05) is 18.2 Å². The van der Waals surface area contributed by atoms with E-state index in [1.807, 2.05) is 0 Å². The number of ether oxygens (including phenoxy) is 1. The van der Waals surface area contributed by atoms with Crippen molar-refractivity contribution in [2.45, 2.75) is 13.2 Å². The summed E-state index contributed by atoms with van der Waals surface area (Å²) in [7, 11) is -3.63. The fourth-order valence-corrected chi connectivity index (χ4v) is 1.59. The van der Waals surface area contributed by atoms with Gasteiger partial charge < -0.3 is 4.74 Å². The van der Waals surface area contributed by atoms with Gasteiger partial charge in [-0.3, -0.25) is 0 Å². The Morgan fingerprint density at radius 1 is 1.25 bits per heavy atom. The predicted molar refractivity (Wildman–Crippen MR) is 57.2 cm³/mol. The number of carbonyl (C=O) groups excluding carboxylic acids is 1. The van der Waals surface area contributed by atoms with E-state index in [0.29, 0.717) is 5.56 Å². The first kappa shape index (κ1) is 12.7. The summed E-state index contributed by atoms with van der Waals surface area (Å²) in [6, 6.07) is 8.25. The van der Waals surface area contributed by atoms with Gasteiger partial charge in [-0.05, 0) is 19.1 Å². The molecule has 0 amide bonds. The summed E-state index contributed by atoms with van der Waals surface area (Å²) in [5.74, 6) is -0.628. The van der Waals surface area contributed by atoms with Crippen molar-refractivity contribution in [3.63, 3.8) is 0 Å². The zero-order chi connectivity index (χ0) is 12.2. The Morgan fingerprint density at radius 3 is 2.31 bits per heavy atom. The molecule has 0 radical (unpaired) electrons. The van der Waals surface area contributed by atoms with Gasteiger partial charge >= 0.3 is 5.97 Å². The van der Waals surface area contributed by atoms with Crippen molar-refractivity contribution in [2.24, 2.45) is 0 Å². The highest BCUT2D eigenvalue weighted by Gasteiger charge is 2.15. The summed E-state index contributed by atoms with van der Waals surface area (Å²) in [6.07, 6.45) is -0.248. The van der Waals surface area contributed by atoms with Crippen LogP contribution < -0.4 is 0 Å². The normalized spacial score (nSPS) is 13.1. The molecule has 1 aromatic carbocycles. The van der Waals surface area contributed by atoms with Gasteiger partial charge in [0.15, 0.2) is 0 Å².